The first-order chi connectivity index (χ1) is 9.49. The van der Waals surface area contributed by atoms with Crippen molar-refractivity contribution < 1.29 is 19.8 Å². The van der Waals surface area contributed by atoms with E-state index in [2.05, 4.69) is 5.32 Å². The van der Waals surface area contributed by atoms with Gasteiger partial charge < -0.3 is 15.5 Å². The van der Waals surface area contributed by atoms with Crippen LogP contribution in [0.15, 0.2) is 18.2 Å². The summed E-state index contributed by atoms with van der Waals surface area (Å²) in [7, 11) is 0. The molecule has 1 aromatic rings. The summed E-state index contributed by atoms with van der Waals surface area (Å²) in [6, 6.07) is 4.03. The molecule has 0 radical (unpaired) electrons. The first-order valence-corrected chi connectivity index (χ1v) is 6.86. The summed E-state index contributed by atoms with van der Waals surface area (Å²) < 4.78 is 0. The minimum absolute atomic E-state index is 0.0629. The predicted octanol–water partition coefficient (Wildman–Crippen LogP) is 3.25. The number of nitrogens with one attached hydrogen (secondary N) is 1. The molecule has 1 amide bonds. The number of rotatable bonds is 7. The van der Waals surface area contributed by atoms with Crippen LogP contribution in [-0.2, 0) is 4.79 Å². The summed E-state index contributed by atoms with van der Waals surface area (Å²) >= 11 is 0. The topological polar surface area (TPSA) is 86.6 Å². The van der Waals surface area contributed by atoms with Gasteiger partial charge in [-0.1, -0.05) is 26.7 Å². The SMILES string of the molecule is CCCC(CCC)C(=O)Nc1ccc(O)c(C(=O)O)c1. The summed E-state index contributed by atoms with van der Waals surface area (Å²) in [6.07, 6.45) is 3.47. The minimum atomic E-state index is -1.22. The Labute approximate surface area is 118 Å². The Balaban J connectivity index is 2.84. The summed E-state index contributed by atoms with van der Waals surface area (Å²) in [6.45, 7) is 4.05. The van der Waals surface area contributed by atoms with Crippen LogP contribution in [0, 0.1) is 5.92 Å². The Hall–Kier alpha value is -2.04. The van der Waals surface area contributed by atoms with Crippen LogP contribution >= 0.6 is 0 Å². The molecule has 0 heterocycles. The molecule has 1 rings (SSSR count). The Bertz CT molecular complexity index is 479. The summed E-state index contributed by atoms with van der Waals surface area (Å²) in [5.41, 5.74) is 0.174. The number of aromatic hydroxyl groups is 1. The summed E-state index contributed by atoms with van der Waals surface area (Å²) in [4.78, 5) is 23.1. The molecule has 0 saturated carbocycles. The van der Waals surface area contributed by atoms with E-state index in [9.17, 15) is 14.7 Å². The van der Waals surface area contributed by atoms with Crippen LogP contribution in [0.3, 0.4) is 0 Å². The molecule has 0 bridgehead atoms. The van der Waals surface area contributed by atoms with Gasteiger partial charge in [0.05, 0.1) is 0 Å². The first kappa shape index (κ1) is 16.0. The molecule has 0 unspecified atom stereocenters. The van der Waals surface area contributed by atoms with Crippen LogP contribution < -0.4 is 5.32 Å². The zero-order chi connectivity index (χ0) is 15.1. The van der Waals surface area contributed by atoms with Crippen molar-refractivity contribution in [3.8, 4) is 5.75 Å². The second-order valence-corrected chi connectivity index (χ2v) is 4.80. The van der Waals surface area contributed by atoms with E-state index in [0.29, 0.717) is 5.69 Å². The summed E-state index contributed by atoms with van der Waals surface area (Å²) in [5, 5.41) is 21.1. The van der Waals surface area contributed by atoms with Gasteiger partial charge in [0.1, 0.15) is 11.3 Å². The molecule has 0 saturated heterocycles. The lowest BCUT2D eigenvalue weighted by molar-refractivity contribution is -0.120. The van der Waals surface area contributed by atoms with Crippen molar-refractivity contribution in [3.05, 3.63) is 23.8 Å². The number of carboxylic acid groups (broad SMARTS) is 1. The third-order valence-electron chi connectivity index (χ3n) is 3.14. The quantitative estimate of drug-likeness (QED) is 0.669. The Morgan fingerprint density at radius 2 is 1.80 bits per heavy atom. The fraction of sp³-hybridized carbons (Fsp3) is 0.467. The number of carbonyl (C=O) groups is 2. The number of amides is 1. The van der Waals surface area contributed by atoms with Gasteiger partial charge in [-0.3, -0.25) is 4.79 Å². The number of carboxylic acids is 1. The van der Waals surface area contributed by atoms with E-state index in [-0.39, 0.29) is 23.1 Å². The monoisotopic (exact) mass is 279 g/mol. The highest BCUT2D eigenvalue weighted by atomic mass is 16.4. The molecule has 0 atom stereocenters. The van der Waals surface area contributed by atoms with Gasteiger partial charge >= 0.3 is 5.97 Å². The lowest BCUT2D eigenvalue weighted by atomic mass is 9.97. The third-order valence-corrected chi connectivity index (χ3v) is 3.14. The lowest BCUT2D eigenvalue weighted by Gasteiger charge is -2.15. The van der Waals surface area contributed by atoms with Gasteiger partial charge in [0.2, 0.25) is 5.91 Å². The van der Waals surface area contributed by atoms with Crippen LogP contribution in [0.4, 0.5) is 5.69 Å². The molecule has 0 aliphatic rings. The van der Waals surface area contributed by atoms with Crippen LogP contribution in [-0.4, -0.2) is 22.1 Å². The molecular formula is C15H21NO4. The Kier molecular flexibility index (Phi) is 6.03. The first-order valence-electron chi connectivity index (χ1n) is 6.86. The zero-order valence-electron chi connectivity index (χ0n) is 11.8. The van der Waals surface area contributed by atoms with Crippen molar-refractivity contribution in [2.75, 3.05) is 5.32 Å². The largest absolute Gasteiger partial charge is 0.507 e. The molecule has 0 fully saturated rings. The van der Waals surface area contributed by atoms with Gasteiger partial charge in [0, 0.05) is 11.6 Å². The highest BCUT2D eigenvalue weighted by molar-refractivity contribution is 5.96. The van der Waals surface area contributed by atoms with Crippen LogP contribution in [0.1, 0.15) is 49.9 Å². The number of carbonyl (C=O) groups excluding carboxylic acids is 1. The highest BCUT2D eigenvalue weighted by Crippen LogP contribution is 2.23. The maximum absolute atomic E-state index is 12.1. The van der Waals surface area contributed by atoms with Crippen molar-refractivity contribution in [2.45, 2.75) is 39.5 Å². The normalized spacial score (nSPS) is 10.6. The second kappa shape index (κ2) is 7.53. The molecule has 5 heteroatoms. The van der Waals surface area contributed by atoms with Crippen LogP contribution in [0.25, 0.3) is 0 Å². The number of hydrogen-bond donors (Lipinski definition) is 3. The number of aromatic carboxylic acids is 1. The van der Waals surface area contributed by atoms with E-state index in [0.717, 1.165) is 25.7 Å². The van der Waals surface area contributed by atoms with Crippen LogP contribution in [0.2, 0.25) is 0 Å². The molecule has 20 heavy (non-hydrogen) atoms. The van der Waals surface area contributed by atoms with E-state index in [1.54, 1.807) is 0 Å². The molecule has 0 aromatic heterocycles. The molecule has 1 aromatic carbocycles. The van der Waals surface area contributed by atoms with E-state index in [1.807, 2.05) is 13.8 Å². The fourth-order valence-electron chi connectivity index (χ4n) is 2.13. The van der Waals surface area contributed by atoms with E-state index < -0.39 is 5.97 Å². The molecule has 0 aliphatic heterocycles. The van der Waals surface area contributed by atoms with Crippen molar-refractivity contribution >= 4 is 17.6 Å². The van der Waals surface area contributed by atoms with Gasteiger partial charge in [-0.05, 0) is 31.0 Å². The van der Waals surface area contributed by atoms with Crippen molar-refractivity contribution in [3.63, 3.8) is 0 Å². The Morgan fingerprint density at radius 3 is 2.30 bits per heavy atom. The molecule has 5 nitrogen and oxygen atoms in total. The lowest BCUT2D eigenvalue weighted by Crippen LogP contribution is -2.22. The number of anilines is 1. The van der Waals surface area contributed by atoms with Gasteiger partial charge in [-0.15, -0.1) is 0 Å². The number of phenols is 1. The van der Waals surface area contributed by atoms with Gasteiger partial charge in [-0.25, -0.2) is 4.79 Å². The van der Waals surface area contributed by atoms with Gasteiger partial charge in [0.25, 0.3) is 0 Å². The van der Waals surface area contributed by atoms with Crippen molar-refractivity contribution in [1.82, 2.24) is 0 Å². The van der Waals surface area contributed by atoms with Crippen molar-refractivity contribution in [2.24, 2.45) is 5.92 Å². The smallest absolute Gasteiger partial charge is 0.339 e. The fourth-order valence-corrected chi connectivity index (χ4v) is 2.13. The maximum atomic E-state index is 12.1. The van der Waals surface area contributed by atoms with Gasteiger partial charge in [-0.2, -0.15) is 0 Å². The molecule has 3 N–H and O–H groups in total. The molecule has 110 valence electrons. The van der Waals surface area contributed by atoms with Crippen molar-refractivity contribution in [1.29, 1.82) is 0 Å². The molecular weight excluding hydrogens is 258 g/mol. The third kappa shape index (κ3) is 4.26. The standard InChI is InChI=1S/C15H21NO4/c1-3-5-10(6-4-2)14(18)16-11-7-8-13(17)12(9-11)15(19)20/h7-10,17H,3-6H2,1-2H3,(H,16,18)(H,19,20). The minimum Gasteiger partial charge on any atom is -0.507 e. The van der Waals surface area contributed by atoms with Gasteiger partial charge in [0.15, 0.2) is 0 Å². The molecule has 0 aliphatic carbocycles. The summed E-state index contributed by atoms with van der Waals surface area (Å²) in [5.74, 6) is -1.70. The van der Waals surface area contributed by atoms with E-state index in [1.165, 1.54) is 18.2 Å². The average Bonchev–Trinajstić information content (AvgIpc) is 2.40. The van der Waals surface area contributed by atoms with E-state index in [4.69, 9.17) is 5.11 Å². The molecule has 0 spiro atoms. The van der Waals surface area contributed by atoms with Crippen LogP contribution in [0.5, 0.6) is 5.75 Å². The number of hydrogen-bond acceptors (Lipinski definition) is 3. The second-order valence-electron chi connectivity index (χ2n) is 4.80. The maximum Gasteiger partial charge on any atom is 0.339 e. The average molecular weight is 279 g/mol. The zero-order valence-corrected chi connectivity index (χ0v) is 11.8. The van der Waals surface area contributed by atoms with E-state index >= 15 is 0 Å². The highest BCUT2D eigenvalue weighted by Gasteiger charge is 2.18. The number of benzene rings is 1. The predicted molar refractivity (Wildman–Crippen MR) is 77.0 cm³/mol. The Morgan fingerprint density at radius 1 is 1.20 bits per heavy atom.